The van der Waals surface area contributed by atoms with E-state index in [2.05, 4.69) is 79.4 Å². The van der Waals surface area contributed by atoms with E-state index in [1.807, 2.05) is 12.3 Å². The average molecular weight is 426 g/mol. The highest BCUT2D eigenvalue weighted by Crippen LogP contribution is 2.38. The summed E-state index contributed by atoms with van der Waals surface area (Å²) in [6, 6.07) is 12.8. The van der Waals surface area contributed by atoms with Gasteiger partial charge in [-0.2, -0.15) is 0 Å². The Balaban J connectivity index is 2.15. The van der Waals surface area contributed by atoms with Crippen LogP contribution in [-0.2, 0) is 0 Å². The van der Waals surface area contributed by atoms with Crippen molar-refractivity contribution in [3.05, 3.63) is 61.3 Å². The van der Waals surface area contributed by atoms with Crippen LogP contribution in [0.15, 0.2) is 50.9 Å². The fraction of sp³-hybridized carbons (Fsp3) is 0.188. The van der Waals surface area contributed by atoms with Gasteiger partial charge in [0.15, 0.2) is 0 Å². The van der Waals surface area contributed by atoms with E-state index in [1.165, 1.54) is 15.8 Å². The predicted octanol–water partition coefficient (Wildman–Crippen LogP) is 5.52. The molecule has 2 heterocycles. The number of rotatable bonds is 4. The van der Waals surface area contributed by atoms with Crippen LogP contribution in [0.2, 0.25) is 0 Å². The van der Waals surface area contributed by atoms with E-state index in [0.717, 1.165) is 20.3 Å². The van der Waals surface area contributed by atoms with Gasteiger partial charge in [0.05, 0.1) is 15.3 Å². The maximum atomic E-state index is 4.46. The first kappa shape index (κ1) is 15.2. The van der Waals surface area contributed by atoms with Crippen LogP contribution in [-0.4, -0.2) is 11.5 Å². The molecule has 1 aromatic carbocycles. The SMILES string of the molecule is CCNC(c1cc(Br)c(Br)s1)c1cccc2ncccc12. The number of aromatic nitrogens is 1. The quantitative estimate of drug-likeness (QED) is 0.595. The number of hydrogen-bond donors (Lipinski definition) is 1. The average Bonchev–Trinajstić information content (AvgIpc) is 2.84. The van der Waals surface area contributed by atoms with Crippen molar-refractivity contribution < 1.29 is 0 Å². The molecule has 2 aromatic heterocycles. The molecule has 0 bridgehead atoms. The number of halogens is 2. The highest BCUT2D eigenvalue weighted by atomic mass is 79.9. The lowest BCUT2D eigenvalue weighted by Crippen LogP contribution is -2.21. The summed E-state index contributed by atoms with van der Waals surface area (Å²) >= 11 is 8.92. The number of thiophene rings is 1. The summed E-state index contributed by atoms with van der Waals surface area (Å²) in [7, 11) is 0. The fourth-order valence-corrected chi connectivity index (χ4v) is 4.64. The molecule has 0 aliphatic carbocycles. The molecule has 0 fully saturated rings. The molecule has 0 saturated heterocycles. The van der Waals surface area contributed by atoms with Gasteiger partial charge in [-0.15, -0.1) is 11.3 Å². The number of nitrogens with one attached hydrogen (secondary N) is 1. The van der Waals surface area contributed by atoms with Crippen LogP contribution in [0.25, 0.3) is 10.9 Å². The second kappa shape index (κ2) is 6.57. The lowest BCUT2D eigenvalue weighted by Gasteiger charge is -2.18. The van der Waals surface area contributed by atoms with Gasteiger partial charge >= 0.3 is 0 Å². The highest BCUT2D eigenvalue weighted by molar-refractivity contribution is 9.13. The van der Waals surface area contributed by atoms with Gasteiger partial charge in [0.2, 0.25) is 0 Å². The van der Waals surface area contributed by atoms with Crippen LogP contribution in [0.3, 0.4) is 0 Å². The third-order valence-corrected chi connectivity index (χ3v) is 6.67. The Morgan fingerprint density at radius 1 is 1.24 bits per heavy atom. The molecule has 1 N–H and O–H groups in total. The molecule has 0 amide bonds. The number of pyridine rings is 1. The predicted molar refractivity (Wildman–Crippen MR) is 97.0 cm³/mol. The first-order chi connectivity index (χ1) is 10.2. The van der Waals surface area contributed by atoms with Crippen molar-refractivity contribution in [1.29, 1.82) is 0 Å². The first-order valence-electron chi connectivity index (χ1n) is 6.72. The lowest BCUT2D eigenvalue weighted by molar-refractivity contribution is 0.643. The second-order valence-electron chi connectivity index (χ2n) is 4.68. The number of benzene rings is 1. The minimum atomic E-state index is 0.176. The smallest absolute Gasteiger partial charge is 0.0843 e. The van der Waals surface area contributed by atoms with Gasteiger partial charge in [0.1, 0.15) is 0 Å². The molecule has 5 heteroatoms. The molecule has 21 heavy (non-hydrogen) atoms. The monoisotopic (exact) mass is 424 g/mol. The molecule has 0 aliphatic rings. The van der Waals surface area contributed by atoms with Gasteiger partial charge in [0.25, 0.3) is 0 Å². The molecule has 0 saturated carbocycles. The molecular weight excluding hydrogens is 412 g/mol. The molecule has 108 valence electrons. The van der Waals surface area contributed by atoms with E-state index in [4.69, 9.17) is 0 Å². The molecule has 2 nitrogen and oxygen atoms in total. The molecule has 3 aromatic rings. The number of nitrogens with zero attached hydrogens (tertiary/aromatic N) is 1. The van der Waals surface area contributed by atoms with Gasteiger partial charge in [-0.3, -0.25) is 4.98 Å². The van der Waals surface area contributed by atoms with E-state index in [0.29, 0.717) is 0 Å². The van der Waals surface area contributed by atoms with Crippen LogP contribution in [0.4, 0.5) is 0 Å². The van der Waals surface area contributed by atoms with Crippen LogP contribution in [0.5, 0.6) is 0 Å². The maximum absolute atomic E-state index is 4.46. The molecule has 1 atom stereocenters. The third kappa shape index (κ3) is 3.06. The van der Waals surface area contributed by atoms with Crippen LogP contribution in [0, 0.1) is 0 Å². The zero-order valence-electron chi connectivity index (χ0n) is 11.4. The Kier molecular flexibility index (Phi) is 4.74. The van der Waals surface area contributed by atoms with Crippen molar-refractivity contribution in [1.82, 2.24) is 10.3 Å². The van der Waals surface area contributed by atoms with Gasteiger partial charge in [-0.25, -0.2) is 0 Å². The number of hydrogen-bond acceptors (Lipinski definition) is 3. The first-order valence-corrected chi connectivity index (χ1v) is 9.12. The molecule has 1 unspecified atom stereocenters. The summed E-state index contributed by atoms with van der Waals surface area (Å²) in [5.41, 5.74) is 2.30. The normalized spacial score (nSPS) is 12.7. The Morgan fingerprint density at radius 2 is 2.10 bits per heavy atom. The highest BCUT2D eigenvalue weighted by Gasteiger charge is 2.19. The van der Waals surface area contributed by atoms with E-state index in [9.17, 15) is 0 Å². The minimum absolute atomic E-state index is 0.176. The molecule has 0 aliphatic heterocycles. The maximum Gasteiger partial charge on any atom is 0.0843 e. The minimum Gasteiger partial charge on any atom is -0.306 e. The largest absolute Gasteiger partial charge is 0.306 e. The van der Waals surface area contributed by atoms with E-state index in [1.54, 1.807) is 11.3 Å². The summed E-state index contributed by atoms with van der Waals surface area (Å²) in [6.07, 6.45) is 1.84. The van der Waals surface area contributed by atoms with Crippen LogP contribution >= 0.6 is 43.2 Å². The summed E-state index contributed by atoms with van der Waals surface area (Å²) in [5.74, 6) is 0. The Labute approximate surface area is 144 Å². The zero-order chi connectivity index (χ0) is 14.8. The van der Waals surface area contributed by atoms with E-state index < -0.39 is 0 Å². The van der Waals surface area contributed by atoms with E-state index >= 15 is 0 Å². The van der Waals surface area contributed by atoms with Gasteiger partial charge < -0.3 is 5.32 Å². The summed E-state index contributed by atoms with van der Waals surface area (Å²) < 4.78 is 2.22. The zero-order valence-corrected chi connectivity index (χ0v) is 15.4. The van der Waals surface area contributed by atoms with Crippen molar-refractivity contribution in [3.8, 4) is 0 Å². The molecular formula is C16H14Br2N2S. The fourth-order valence-electron chi connectivity index (χ4n) is 2.45. The van der Waals surface area contributed by atoms with Crippen molar-refractivity contribution in [2.75, 3.05) is 6.54 Å². The van der Waals surface area contributed by atoms with Crippen LogP contribution in [0.1, 0.15) is 23.4 Å². The van der Waals surface area contributed by atoms with Gasteiger partial charge in [-0.1, -0.05) is 25.1 Å². The topological polar surface area (TPSA) is 24.9 Å². The van der Waals surface area contributed by atoms with Crippen molar-refractivity contribution in [2.45, 2.75) is 13.0 Å². The Morgan fingerprint density at radius 3 is 2.81 bits per heavy atom. The standard InChI is InChI=1S/C16H14Br2N2S/c1-2-19-15(14-9-12(17)16(18)21-14)11-5-3-7-13-10(11)6-4-8-20-13/h3-9,15,19H,2H2,1H3. The van der Waals surface area contributed by atoms with Crippen molar-refractivity contribution in [2.24, 2.45) is 0 Å². The summed E-state index contributed by atoms with van der Waals surface area (Å²) in [4.78, 5) is 5.74. The van der Waals surface area contributed by atoms with Crippen LogP contribution < -0.4 is 5.32 Å². The van der Waals surface area contributed by atoms with Gasteiger partial charge in [0, 0.05) is 20.9 Å². The van der Waals surface area contributed by atoms with Gasteiger partial charge in [-0.05, 0) is 62.2 Å². The van der Waals surface area contributed by atoms with E-state index in [-0.39, 0.29) is 6.04 Å². The molecule has 0 radical (unpaired) electrons. The summed E-state index contributed by atoms with van der Waals surface area (Å²) in [5, 5.41) is 4.79. The second-order valence-corrected chi connectivity index (χ2v) is 7.93. The van der Waals surface area contributed by atoms with Crippen molar-refractivity contribution in [3.63, 3.8) is 0 Å². The number of fused-ring (bicyclic) bond motifs is 1. The Bertz CT molecular complexity index is 745. The summed E-state index contributed by atoms with van der Waals surface area (Å²) in [6.45, 7) is 3.04. The third-order valence-electron chi connectivity index (χ3n) is 3.35. The Hall–Kier alpha value is -0.750. The molecule has 0 spiro atoms. The lowest BCUT2D eigenvalue weighted by atomic mass is 10.00. The van der Waals surface area contributed by atoms with Crippen molar-refractivity contribution >= 4 is 54.1 Å². The molecule has 3 rings (SSSR count).